The van der Waals surface area contributed by atoms with Crippen LogP contribution in [0.2, 0.25) is 0 Å². The molecule has 0 saturated carbocycles. The van der Waals surface area contributed by atoms with E-state index >= 15 is 0 Å². The summed E-state index contributed by atoms with van der Waals surface area (Å²) in [4.78, 5) is 44.1. The molecule has 1 atom stereocenters. The van der Waals surface area contributed by atoms with Crippen LogP contribution in [0, 0.1) is 11.6 Å². The monoisotopic (exact) mass is 512 g/mol. The van der Waals surface area contributed by atoms with E-state index in [0.29, 0.717) is 44.0 Å². The molecule has 37 heavy (non-hydrogen) atoms. The molecule has 0 unspecified atom stereocenters. The molecule has 3 amide bonds. The summed E-state index contributed by atoms with van der Waals surface area (Å²) in [7, 11) is 0. The number of hydrogen-bond acceptors (Lipinski definition) is 5. The van der Waals surface area contributed by atoms with E-state index in [0.717, 1.165) is 0 Å². The molecule has 2 aliphatic rings. The van der Waals surface area contributed by atoms with Gasteiger partial charge in [-0.1, -0.05) is 24.3 Å². The van der Waals surface area contributed by atoms with Crippen molar-refractivity contribution in [2.24, 2.45) is 0 Å². The van der Waals surface area contributed by atoms with Crippen molar-refractivity contribution in [2.45, 2.75) is 19.9 Å². The highest BCUT2D eigenvalue weighted by atomic mass is 19.1. The van der Waals surface area contributed by atoms with E-state index in [-0.39, 0.29) is 30.2 Å². The number of ether oxygens (including phenoxy) is 1. The molecular weight excluding hydrogens is 482 g/mol. The summed E-state index contributed by atoms with van der Waals surface area (Å²) in [6, 6.07) is 10.4. The van der Waals surface area contributed by atoms with E-state index in [9.17, 15) is 23.2 Å². The molecule has 0 aromatic heterocycles. The van der Waals surface area contributed by atoms with Crippen LogP contribution >= 0.6 is 0 Å². The van der Waals surface area contributed by atoms with Gasteiger partial charge in [0.2, 0.25) is 0 Å². The number of piperazine rings is 1. The first-order valence-electron chi connectivity index (χ1n) is 12.3. The van der Waals surface area contributed by atoms with E-state index < -0.39 is 29.7 Å². The summed E-state index contributed by atoms with van der Waals surface area (Å²) in [5.74, 6) is -2.00. The van der Waals surface area contributed by atoms with Crippen molar-refractivity contribution in [1.29, 1.82) is 0 Å². The van der Waals surface area contributed by atoms with E-state index in [1.807, 2.05) is 4.90 Å². The molecule has 2 aromatic carbocycles. The number of nitrogens with one attached hydrogen (secondary N) is 1. The molecular formula is C27H30F2N4O4. The molecule has 8 nitrogen and oxygen atoms in total. The minimum atomic E-state index is -0.871. The van der Waals surface area contributed by atoms with Gasteiger partial charge in [0.25, 0.3) is 5.91 Å². The fourth-order valence-corrected chi connectivity index (χ4v) is 4.72. The van der Waals surface area contributed by atoms with Gasteiger partial charge in [0, 0.05) is 45.0 Å². The molecule has 2 heterocycles. The number of nitrogens with zero attached hydrogens (tertiary/aromatic N) is 3. The van der Waals surface area contributed by atoms with Crippen LogP contribution in [0.4, 0.5) is 13.6 Å². The van der Waals surface area contributed by atoms with E-state index in [1.165, 1.54) is 41.3 Å². The van der Waals surface area contributed by atoms with Gasteiger partial charge in [0.05, 0.1) is 23.8 Å². The van der Waals surface area contributed by atoms with Gasteiger partial charge in [-0.2, -0.15) is 0 Å². The maximum atomic E-state index is 14.1. The normalized spacial score (nSPS) is 18.6. The quantitative estimate of drug-likeness (QED) is 0.576. The van der Waals surface area contributed by atoms with Crippen molar-refractivity contribution in [3.63, 3.8) is 0 Å². The summed E-state index contributed by atoms with van der Waals surface area (Å²) in [6.07, 6.45) is 0. The molecule has 2 aromatic rings. The van der Waals surface area contributed by atoms with Crippen molar-refractivity contribution in [3.8, 4) is 0 Å². The molecule has 196 valence electrons. The minimum absolute atomic E-state index is 0.0299. The first kappa shape index (κ1) is 26.3. The number of carbonyl (C=O) groups excluding carboxylic acids is 3. The van der Waals surface area contributed by atoms with Gasteiger partial charge in [0.15, 0.2) is 0 Å². The summed E-state index contributed by atoms with van der Waals surface area (Å²) in [5.41, 5.74) is 1.19. The Morgan fingerprint density at radius 1 is 1.03 bits per heavy atom. The lowest BCUT2D eigenvalue weighted by Gasteiger charge is -2.40. The number of amides is 3. The Kier molecular flexibility index (Phi) is 8.17. The highest BCUT2D eigenvalue weighted by Gasteiger charge is 2.38. The largest absolute Gasteiger partial charge is 0.463 e. The van der Waals surface area contributed by atoms with Crippen LogP contribution in [-0.4, -0.2) is 78.5 Å². The van der Waals surface area contributed by atoms with Gasteiger partial charge in [0.1, 0.15) is 11.6 Å². The molecule has 0 spiro atoms. The van der Waals surface area contributed by atoms with Crippen LogP contribution in [0.3, 0.4) is 0 Å². The number of hydrogen-bond donors (Lipinski definition) is 1. The maximum Gasteiger partial charge on any atom is 0.338 e. The highest BCUT2D eigenvalue weighted by molar-refractivity contribution is 5.95. The molecule has 1 fully saturated rings. The topological polar surface area (TPSA) is 82.2 Å². The highest BCUT2D eigenvalue weighted by Crippen LogP contribution is 2.32. The number of likely N-dealkylation sites (N-methyl/N-ethyl adjacent to an activating group) is 1. The number of benzene rings is 2. The van der Waals surface area contributed by atoms with E-state index in [1.54, 1.807) is 30.9 Å². The Hall–Kier alpha value is -3.79. The zero-order chi connectivity index (χ0) is 26.5. The standard InChI is InChI=1S/C27H30F2N4O4/c1-3-33-22(17-31-12-14-32(15-13-31)25(34)20-10-5-6-11-21(20)29)23(26(35)37-4-2)24(30-27(33)36)18-8-7-9-19(28)16-18/h5-11,16,24H,3-4,12-15,17H2,1-2H3,(H,30,36)/t24-/m0/s1. The molecule has 2 aliphatic heterocycles. The third kappa shape index (κ3) is 5.64. The fourth-order valence-electron chi connectivity index (χ4n) is 4.72. The number of halogens is 2. The second-order valence-corrected chi connectivity index (χ2v) is 8.81. The Bertz CT molecular complexity index is 1210. The van der Waals surface area contributed by atoms with Gasteiger partial charge in [-0.3, -0.25) is 14.6 Å². The lowest BCUT2D eigenvalue weighted by atomic mass is 9.94. The Morgan fingerprint density at radius 2 is 1.76 bits per heavy atom. The van der Waals surface area contributed by atoms with E-state index in [4.69, 9.17) is 4.74 Å². The number of esters is 1. The molecule has 0 aliphatic carbocycles. The molecule has 0 radical (unpaired) electrons. The predicted molar refractivity (Wildman–Crippen MR) is 132 cm³/mol. The van der Waals surface area contributed by atoms with Crippen molar-refractivity contribution in [2.75, 3.05) is 45.9 Å². The van der Waals surface area contributed by atoms with Gasteiger partial charge in [-0.05, 0) is 43.7 Å². The summed E-state index contributed by atoms with van der Waals surface area (Å²) < 4.78 is 33.5. The Balaban J connectivity index is 1.60. The minimum Gasteiger partial charge on any atom is -0.463 e. The number of carbonyl (C=O) groups is 3. The average molecular weight is 513 g/mol. The molecule has 1 N–H and O–H groups in total. The summed E-state index contributed by atoms with van der Waals surface area (Å²) in [5, 5.41) is 2.82. The number of rotatable bonds is 7. The third-order valence-electron chi connectivity index (χ3n) is 6.57. The average Bonchev–Trinajstić information content (AvgIpc) is 2.89. The second-order valence-electron chi connectivity index (χ2n) is 8.81. The van der Waals surface area contributed by atoms with Gasteiger partial charge in [-0.25, -0.2) is 18.4 Å². The second kappa shape index (κ2) is 11.5. The summed E-state index contributed by atoms with van der Waals surface area (Å²) >= 11 is 0. The smallest absolute Gasteiger partial charge is 0.338 e. The Morgan fingerprint density at radius 3 is 2.41 bits per heavy atom. The van der Waals surface area contributed by atoms with Crippen LogP contribution in [0.1, 0.15) is 35.8 Å². The number of urea groups is 1. The van der Waals surface area contributed by atoms with Gasteiger partial charge >= 0.3 is 12.0 Å². The summed E-state index contributed by atoms with van der Waals surface area (Å²) in [6.45, 7) is 5.85. The van der Waals surface area contributed by atoms with Crippen LogP contribution in [0.5, 0.6) is 0 Å². The van der Waals surface area contributed by atoms with Gasteiger partial charge < -0.3 is 15.0 Å². The third-order valence-corrected chi connectivity index (χ3v) is 6.57. The van der Waals surface area contributed by atoms with Crippen molar-refractivity contribution >= 4 is 17.9 Å². The molecule has 1 saturated heterocycles. The van der Waals surface area contributed by atoms with Gasteiger partial charge in [-0.15, -0.1) is 0 Å². The first-order valence-corrected chi connectivity index (χ1v) is 12.3. The zero-order valence-corrected chi connectivity index (χ0v) is 20.9. The molecule has 4 rings (SSSR count). The van der Waals surface area contributed by atoms with E-state index in [2.05, 4.69) is 5.32 Å². The lowest BCUT2D eigenvalue weighted by Crippen LogP contribution is -2.53. The predicted octanol–water partition coefficient (Wildman–Crippen LogP) is 3.33. The molecule has 0 bridgehead atoms. The zero-order valence-electron chi connectivity index (χ0n) is 20.9. The Labute approximate surface area is 214 Å². The first-order chi connectivity index (χ1) is 17.8. The van der Waals surface area contributed by atoms with Crippen LogP contribution in [0.15, 0.2) is 59.8 Å². The van der Waals surface area contributed by atoms with Crippen LogP contribution in [0.25, 0.3) is 0 Å². The van der Waals surface area contributed by atoms with Crippen molar-refractivity contribution in [1.82, 2.24) is 20.0 Å². The SMILES string of the molecule is CCOC(=O)C1=C(CN2CCN(C(=O)c3ccccc3F)CC2)N(CC)C(=O)N[C@H]1c1cccc(F)c1. The molecule has 10 heteroatoms. The van der Waals surface area contributed by atoms with Crippen molar-refractivity contribution in [3.05, 3.63) is 82.6 Å². The maximum absolute atomic E-state index is 14.1. The van der Waals surface area contributed by atoms with Crippen LogP contribution in [-0.2, 0) is 9.53 Å². The lowest BCUT2D eigenvalue weighted by molar-refractivity contribution is -0.139. The van der Waals surface area contributed by atoms with Crippen molar-refractivity contribution < 1.29 is 27.9 Å². The van der Waals surface area contributed by atoms with Crippen LogP contribution < -0.4 is 5.32 Å². The fraction of sp³-hybridized carbons (Fsp3) is 0.370.